The quantitative estimate of drug-likeness (QED) is 0.787. The molecule has 0 aromatic heterocycles. The number of methoxy groups -OCH3 is 1. The van der Waals surface area contributed by atoms with Gasteiger partial charge in [0.05, 0.1) is 18.6 Å². The normalized spacial score (nSPS) is 18.4. The summed E-state index contributed by atoms with van der Waals surface area (Å²) in [5, 5.41) is 11.9. The van der Waals surface area contributed by atoms with Gasteiger partial charge in [-0.15, -0.1) is 0 Å². The molecule has 0 saturated carbocycles. The molecule has 1 fully saturated rings. The number of likely N-dealkylation sites (tertiary alicyclic amines) is 1. The number of urea groups is 1. The zero-order chi connectivity index (χ0) is 14.4. The van der Waals surface area contributed by atoms with Crippen molar-refractivity contribution >= 4 is 12.0 Å². The standard InChI is InChI=1S/C13H24N2O4/c1-9(2)11(8-19-3)14-13(18)15-6-4-10(5-7-15)12(16)17/h9-11H,4-8H2,1-3H3,(H,14,18)(H,16,17). The molecule has 1 heterocycles. The van der Waals surface area contributed by atoms with Gasteiger partial charge in [0.25, 0.3) is 0 Å². The number of carboxylic acid groups (broad SMARTS) is 1. The third-order valence-electron chi connectivity index (χ3n) is 3.59. The molecule has 2 amide bonds. The molecule has 1 saturated heterocycles. The lowest BCUT2D eigenvalue weighted by Crippen LogP contribution is -2.51. The Balaban J connectivity index is 2.44. The first kappa shape index (κ1) is 15.8. The van der Waals surface area contributed by atoms with Crippen molar-refractivity contribution in [3.8, 4) is 0 Å². The fourth-order valence-corrected chi connectivity index (χ4v) is 2.16. The minimum absolute atomic E-state index is 0.0188. The van der Waals surface area contributed by atoms with Gasteiger partial charge in [0.15, 0.2) is 0 Å². The van der Waals surface area contributed by atoms with Gasteiger partial charge < -0.3 is 20.1 Å². The third kappa shape index (κ3) is 4.70. The Labute approximate surface area is 114 Å². The number of carbonyl (C=O) groups is 2. The molecule has 2 N–H and O–H groups in total. The number of nitrogens with one attached hydrogen (secondary N) is 1. The van der Waals surface area contributed by atoms with Crippen LogP contribution in [0.4, 0.5) is 4.79 Å². The summed E-state index contributed by atoms with van der Waals surface area (Å²) in [4.78, 5) is 24.6. The monoisotopic (exact) mass is 272 g/mol. The Morgan fingerprint density at radius 2 is 1.95 bits per heavy atom. The summed E-state index contributed by atoms with van der Waals surface area (Å²) in [6.45, 7) is 5.54. The first-order chi connectivity index (χ1) is 8.95. The number of carbonyl (C=O) groups excluding carboxylic acids is 1. The number of piperidine rings is 1. The van der Waals surface area contributed by atoms with Crippen molar-refractivity contribution in [2.45, 2.75) is 32.7 Å². The van der Waals surface area contributed by atoms with Crippen LogP contribution in [-0.2, 0) is 9.53 Å². The van der Waals surface area contributed by atoms with Gasteiger partial charge in [0.2, 0.25) is 0 Å². The topological polar surface area (TPSA) is 78.9 Å². The minimum atomic E-state index is -0.764. The predicted molar refractivity (Wildman–Crippen MR) is 71.0 cm³/mol. The summed E-state index contributed by atoms with van der Waals surface area (Å²) in [5.74, 6) is -0.788. The smallest absolute Gasteiger partial charge is 0.317 e. The van der Waals surface area contributed by atoms with Gasteiger partial charge in [-0.2, -0.15) is 0 Å². The molecule has 0 spiro atoms. The molecular formula is C13H24N2O4. The number of hydrogen-bond donors (Lipinski definition) is 2. The van der Waals surface area contributed by atoms with Crippen LogP contribution in [0.1, 0.15) is 26.7 Å². The lowest BCUT2D eigenvalue weighted by molar-refractivity contribution is -0.143. The minimum Gasteiger partial charge on any atom is -0.481 e. The number of ether oxygens (including phenoxy) is 1. The van der Waals surface area contributed by atoms with Gasteiger partial charge in [0, 0.05) is 20.2 Å². The van der Waals surface area contributed by atoms with Crippen molar-refractivity contribution in [2.75, 3.05) is 26.8 Å². The van der Waals surface area contributed by atoms with Crippen molar-refractivity contribution in [3.05, 3.63) is 0 Å². The highest BCUT2D eigenvalue weighted by Crippen LogP contribution is 2.17. The summed E-state index contributed by atoms with van der Waals surface area (Å²) in [7, 11) is 1.61. The van der Waals surface area contributed by atoms with E-state index in [-0.39, 0.29) is 18.0 Å². The summed E-state index contributed by atoms with van der Waals surface area (Å²) in [6.07, 6.45) is 1.05. The lowest BCUT2D eigenvalue weighted by atomic mass is 9.97. The highest BCUT2D eigenvalue weighted by atomic mass is 16.5. The van der Waals surface area contributed by atoms with Crippen LogP contribution >= 0.6 is 0 Å². The SMILES string of the molecule is COCC(NC(=O)N1CCC(C(=O)O)CC1)C(C)C. The molecule has 110 valence electrons. The van der Waals surface area contributed by atoms with Crippen molar-refractivity contribution in [3.63, 3.8) is 0 Å². The fraction of sp³-hybridized carbons (Fsp3) is 0.846. The van der Waals surface area contributed by atoms with E-state index in [0.717, 1.165) is 0 Å². The molecule has 1 unspecified atom stereocenters. The van der Waals surface area contributed by atoms with Crippen LogP contribution in [0.2, 0.25) is 0 Å². The molecule has 0 radical (unpaired) electrons. The Kier molecular flexibility index (Phi) is 6.08. The van der Waals surface area contributed by atoms with Gasteiger partial charge in [-0.05, 0) is 18.8 Å². The summed E-state index contributed by atoms with van der Waals surface area (Å²) >= 11 is 0. The molecule has 1 atom stereocenters. The van der Waals surface area contributed by atoms with E-state index in [1.165, 1.54) is 0 Å². The number of rotatable bonds is 5. The lowest BCUT2D eigenvalue weighted by Gasteiger charge is -2.32. The molecule has 1 aliphatic rings. The average Bonchev–Trinajstić information content (AvgIpc) is 2.38. The summed E-state index contributed by atoms with van der Waals surface area (Å²) < 4.78 is 5.09. The van der Waals surface area contributed by atoms with Crippen LogP contribution in [0.25, 0.3) is 0 Å². The zero-order valence-corrected chi connectivity index (χ0v) is 11.9. The highest BCUT2D eigenvalue weighted by molar-refractivity contribution is 5.75. The van der Waals surface area contributed by atoms with E-state index in [0.29, 0.717) is 38.5 Å². The molecule has 1 rings (SSSR count). The van der Waals surface area contributed by atoms with Gasteiger partial charge in [-0.25, -0.2) is 4.79 Å². The number of hydrogen-bond acceptors (Lipinski definition) is 3. The van der Waals surface area contributed by atoms with Gasteiger partial charge >= 0.3 is 12.0 Å². The molecule has 6 heteroatoms. The highest BCUT2D eigenvalue weighted by Gasteiger charge is 2.28. The van der Waals surface area contributed by atoms with Crippen molar-refractivity contribution in [2.24, 2.45) is 11.8 Å². The second kappa shape index (κ2) is 7.33. The second-order valence-electron chi connectivity index (χ2n) is 5.35. The van der Waals surface area contributed by atoms with E-state index in [4.69, 9.17) is 9.84 Å². The maximum absolute atomic E-state index is 12.1. The second-order valence-corrected chi connectivity index (χ2v) is 5.35. The number of aliphatic carboxylic acids is 1. The van der Waals surface area contributed by atoms with Crippen LogP contribution in [0, 0.1) is 11.8 Å². The molecule has 19 heavy (non-hydrogen) atoms. The van der Waals surface area contributed by atoms with Gasteiger partial charge in [-0.3, -0.25) is 4.79 Å². The van der Waals surface area contributed by atoms with Crippen LogP contribution in [-0.4, -0.2) is 54.9 Å². The first-order valence-corrected chi connectivity index (χ1v) is 6.72. The van der Waals surface area contributed by atoms with Crippen molar-refractivity contribution in [1.29, 1.82) is 0 Å². The molecule has 0 aromatic carbocycles. The Morgan fingerprint density at radius 1 is 1.37 bits per heavy atom. The zero-order valence-electron chi connectivity index (χ0n) is 11.9. The number of carboxylic acids is 1. The Bertz CT molecular complexity index is 312. The van der Waals surface area contributed by atoms with Crippen LogP contribution in [0.15, 0.2) is 0 Å². The Morgan fingerprint density at radius 3 is 2.37 bits per heavy atom. The molecule has 6 nitrogen and oxygen atoms in total. The van der Waals surface area contributed by atoms with Crippen LogP contribution < -0.4 is 5.32 Å². The van der Waals surface area contributed by atoms with Crippen LogP contribution in [0.5, 0.6) is 0 Å². The van der Waals surface area contributed by atoms with E-state index in [1.54, 1.807) is 12.0 Å². The largest absolute Gasteiger partial charge is 0.481 e. The first-order valence-electron chi connectivity index (χ1n) is 6.72. The third-order valence-corrected chi connectivity index (χ3v) is 3.59. The molecule has 0 aromatic rings. The van der Waals surface area contributed by atoms with E-state index in [9.17, 15) is 9.59 Å². The molecule has 0 aliphatic carbocycles. The molecule has 0 bridgehead atoms. The van der Waals surface area contributed by atoms with E-state index in [2.05, 4.69) is 5.32 Å². The molecule has 1 aliphatic heterocycles. The van der Waals surface area contributed by atoms with Crippen molar-refractivity contribution < 1.29 is 19.4 Å². The average molecular weight is 272 g/mol. The maximum Gasteiger partial charge on any atom is 0.317 e. The Hall–Kier alpha value is -1.30. The predicted octanol–water partition coefficient (Wildman–Crippen LogP) is 1.16. The van der Waals surface area contributed by atoms with Gasteiger partial charge in [0.1, 0.15) is 0 Å². The van der Waals surface area contributed by atoms with E-state index >= 15 is 0 Å². The maximum atomic E-state index is 12.1. The van der Waals surface area contributed by atoms with Crippen LogP contribution in [0.3, 0.4) is 0 Å². The number of amides is 2. The number of nitrogens with zero attached hydrogens (tertiary/aromatic N) is 1. The fourth-order valence-electron chi connectivity index (χ4n) is 2.16. The molecular weight excluding hydrogens is 248 g/mol. The van der Waals surface area contributed by atoms with E-state index < -0.39 is 5.97 Å². The summed E-state index contributed by atoms with van der Waals surface area (Å²) in [6, 6.07) is -0.144. The van der Waals surface area contributed by atoms with Crippen molar-refractivity contribution in [1.82, 2.24) is 10.2 Å². The van der Waals surface area contributed by atoms with Gasteiger partial charge in [-0.1, -0.05) is 13.8 Å². The van der Waals surface area contributed by atoms with E-state index in [1.807, 2.05) is 13.8 Å². The summed E-state index contributed by atoms with van der Waals surface area (Å²) in [5.41, 5.74) is 0.